The van der Waals surface area contributed by atoms with Gasteiger partial charge in [-0.1, -0.05) is 0 Å². The van der Waals surface area contributed by atoms with Gasteiger partial charge in [0.15, 0.2) is 11.5 Å². The molecule has 2 aliphatic rings. The SMILES string of the molecule is Cl.O=C(CCC1CCNCC1)Nc1ccc2oc(C3CC3)nc2c1. The number of rotatable bonds is 5. The number of hydrogen-bond donors (Lipinski definition) is 2. The van der Waals surface area contributed by atoms with Crippen LogP contribution in [-0.2, 0) is 4.79 Å². The van der Waals surface area contributed by atoms with E-state index in [0.717, 1.165) is 42.2 Å². The Bertz CT molecular complexity index is 705. The Morgan fingerprint density at radius 3 is 2.79 bits per heavy atom. The monoisotopic (exact) mass is 349 g/mol. The van der Waals surface area contributed by atoms with Crippen molar-refractivity contribution in [2.75, 3.05) is 18.4 Å². The molecule has 0 spiro atoms. The van der Waals surface area contributed by atoms with Crippen LogP contribution in [0.2, 0.25) is 0 Å². The van der Waals surface area contributed by atoms with Gasteiger partial charge in [-0.25, -0.2) is 4.98 Å². The summed E-state index contributed by atoms with van der Waals surface area (Å²) in [7, 11) is 0. The predicted molar refractivity (Wildman–Crippen MR) is 96.7 cm³/mol. The van der Waals surface area contributed by atoms with E-state index in [0.29, 0.717) is 18.3 Å². The van der Waals surface area contributed by atoms with Crippen LogP contribution in [0, 0.1) is 5.92 Å². The van der Waals surface area contributed by atoms with E-state index in [-0.39, 0.29) is 18.3 Å². The number of oxazole rings is 1. The van der Waals surface area contributed by atoms with Gasteiger partial charge in [-0.3, -0.25) is 4.79 Å². The molecule has 24 heavy (non-hydrogen) atoms. The van der Waals surface area contributed by atoms with Crippen molar-refractivity contribution in [3.8, 4) is 0 Å². The molecule has 1 amide bonds. The van der Waals surface area contributed by atoms with E-state index in [1.807, 2.05) is 18.2 Å². The predicted octanol–water partition coefficient (Wildman–Crippen LogP) is 3.85. The van der Waals surface area contributed by atoms with Gasteiger partial charge < -0.3 is 15.1 Å². The second-order valence-corrected chi connectivity index (χ2v) is 6.79. The molecule has 1 saturated heterocycles. The number of anilines is 1. The largest absolute Gasteiger partial charge is 0.440 e. The highest BCUT2D eigenvalue weighted by atomic mass is 35.5. The van der Waals surface area contributed by atoms with E-state index in [1.165, 1.54) is 25.7 Å². The summed E-state index contributed by atoms with van der Waals surface area (Å²) in [5.74, 6) is 2.12. The lowest BCUT2D eigenvalue weighted by molar-refractivity contribution is -0.116. The standard InChI is InChI=1S/C18H23N3O2.ClH/c22-17(6-1-12-7-9-19-10-8-12)20-14-4-5-16-15(11-14)21-18(23-16)13-2-3-13;/h4-5,11-13,19H,1-3,6-10H2,(H,20,22);1H. The van der Waals surface area contributed by atoms with E-state index in [9.17, 15) is 4.79 Å². The van der Waals surface area contributed by atoms with Gasteiger partial charge in [0.05, 0.1) is 0 Å². The number of fused-ring (bicyclic) bond motifs is 1. The zero-order valence-electron chi connectivity index (χ0n) is 13.7. The van der Waals surface area contributed by atoms with Crippen LogP contribution in [0.4, 0.5) is 5.69 Å². The number of aromatic nitrogens is 1. The molecule has 2 fully saturated rings. The van der Waals surface area contributed by atoms with Gasteiger partial charge in [0, 0.05) is 18.0 Å². The van der Waals surface area contributed by atoms with Crippen LogP contribution in [0.3, 0.4) is 0 Å². The number of halogens is 1. The summed E-state index contributed by atoms with van der Waals surface area (Å²) in [6.45, 7) is 2.16. The van der Waals surface area contributed by atoms with Crippen LogP contribution < -0.4 is 10.6 Å². The summed E-state index contributed by atoms with van der Waals surface area (Å²) in [6, 6.07) is 5.70. The normalized spacial score (nSPS) is 18.3. The maximum Gasteiger partial charge on any atom is 0.224 e. The summed E-state index contributed by atoms with van der Waals surface area (Å²) in [5.41, 5.74) is 2.45. The van der Waals surface area contributed by atoms with E-state index in [1.54, 1.807) is 0 Å². The van der Waals surface area contributed by atoms with Crippen molar-refractivity contribution in [1.29, 1.82) is 0 Å². The molecule has 5 nitrogen and oxygen atoms in total. The fourth-order valence-corrected chi connectivity index (χ4v) is 3.26. The fourth-order valence-electron chi connectivity index (χ4n) is 3.26. The number of nitrogens with zero attached hydrogens (tertiary/aromatic N) is 1. The van der Waals surface area contributed by atoms with Crippen LogP contribution in [-0.4, -0.2) is 24.0 Å². The van der Waals surface area contributed by atoms with E-state index < -0.39 is 0 Å². The maximum absolute atomic E-state index is 12.1. The lowest BCUT2D eigenvalue weighted by atomic mass is 9.93. The van der Waals surface area contributed by atoms with Gasteiger partial charge in [0.2, 0.25) is 5.91 Å². The van der Waals surface area contributed by atoms with Gasteiger partial charge >= 0.3 is 0 Å². The Balaban J connectivity index is 0.00000169. The Hall–Kier alpha value is -1.59. The third-order valence-corrected chi connectivity index (χ3v) is 4.85. The highest BCUT2D eigenvalue weighted by Crippen LogP contribution is 2.40. The number of benzene rings is 1. The topological polar surface area (TPSA) is 67.2 Å². The van der Waals surface area contributed by atoms with Gasteiger partial charge in [-0.2, -0.15) is 0 Å². The molecule has 2 heterocycles. The zero-order chi connectivity index (χ0) is 15.6. The molecule has 6 heteroatoms. The summed E-state index contributed by atoms with van der Waals surface area (Å²) >= 11 is 0. The fraction of sp³-hybridized carbons (Fsp3) is 0.556. The molecule has 1 saturated carbocycles. The van der Waals surface area contributed by atoms with Crippen LogP contribution >= 0.6 is 12.4 Å². The van der Waals surface area contributed by atoms with Crippen molar-refractivity contribution in [3.63, 3.8) is 0 Å². The number of piperidine rings is 1. The van der Waals surface area contributed by atoms with Gasteiger partial charge in [-0.05, 0) is 69.3 Å². The minimum absolute atomic E-state index is 0. The minimum atomic E-state index is 0. The first-order valence-corrected chi connectivity index (χ1v) is 8.69. The average molecular weight is 350 g/mol. The molecule has 0 atom stereocenters. The Morgan fingerprint density at radius 2 is 2.04 bits per heavy atom. The molecular weight excluding hydrogens is 326 g/mol. The molecule has 1 aromatic carbocycles. The third kappa shape index (κ3) is 4.08. The highest BCUT2D eigenvalue weighted by molar-refractivity contribution is 5.92. The summed E-state index contributed by atoms with van der Waals surface area (Å²) in [5, 5.41) is 6.35. The minimum Gasteiger partial charge on any atom is -0.440 e. The van der Waals surface area contributed by atoms with Crippen molar-refractivity contribution in [2.24, 2.45) is 5.92 Å². The molecule has 1 aliphatic heterocycles. The van der Waals surface area contributed by atoms with Gasteiger partial charge in [0.25, 0.3) is 0 Å². The van der Waals surface area contributed by atoms with Crippen LogP contribution in [0.25, 0.3) is 11.1 Å². The van der Waals surface area contributed by atoms with Gasteiger partial charge in [-0.15, -0.1) is 12.4 Å². The molecule has 2 N–H and O–H groups in total. The van der Waals surface area contributed by atoms with Crippen molar-refractivity contribution in [2.45, 2.75) is 44.4 Å². The number of hydrogen-bond acceptors (Lipinski definition) is 4. The molecule has 1 aromatic heterocycles. The highest BCUT2D eigenvalue weighted by Gasteiger charge is 2.28. The second kappa shape index (κ2) is 7.53. The molecular formula is C18H24ClN3O2. The Kier molecular flexibility index (Phi) is 5.41. The molecule has 0 unspecified atom stereocenters. The molecule has 4 rings (SSSR count). The Labute approximate surface area is 148 Å². The summed E-state index contributed by atoms with van der Waals surface area (Å²) < 4.78 is 5.75. The van der Waals surface area contributed by atoms with Crippen LogP contribution in [0.15, 0.2) is 22.6 Å². The molecule has 0 radical (unpaired) electrons. The zero-order valence-corrected chi connectivity index (χ0v) is 14.5. The van der Waals surface area contributed by atoms with Crippen molar-refractivity contribution in [3.05, 3.63) is 24.1 Å². The van der Waals surface area contributed by atoms with Crippen LogP contribution in [0.5, 0.6) is 0 Å². The van der Waals surface area contributed by atoms with E-state index >= 15 is 0 Å². The van der Waals surface area contributed by atoms with Crippen molar-refractivity contribution in [1.82, 2.24) is 10.3 Å². The first-order chi connectivity index (χ1) is 11.3. The van der Waals surface area contributed by atoms with Crippen LogP contribution in [0.1, 0.15) is 50.3 Å². The number of carbonyl (C=O) groups is 1. The third-order valence-electron chi connectivity index (χ3n) is 4.85. The number of amides is 1. The van der Waals surface area contributed by atoms with Crippen molar-refractivity contribution < 1.29 is 9.21 Å². The lowest BCUT2D eigenvalue weighted by Crippen LogP contribution is -2.28. The maximum atomic E-state index is 12.1. The second-order valence-electron chi connectivity index (χ2n) is 6.79. The first-order valence-electron chi connectivity index (χ1n) is 8.69. The molecule has 0 bridgehead atoms. The quantitative estimate of drug-likeness (QED) is 0.860. The van der Waals surface area contributed by atoms with E-state index in [4.69, 9.17) is 4.42 Å². The molecule has 2 aromatic rings. The summed E-state index contributed by atoms with van der Waals surface area (Å²) in [6.07, 6.45) is 6.28. The molecule has 130 valence electrons. The van der Waals surface area contributed by atoms with E-state index in [2.05, 4.69) is 15.6 Å². The number of carbonyl (C=O) groups excluding carboxylic acids is 1. The molecule has 1 aliphatic carbocycles. The summed E-state index contributed by atoms with van der Waals surface area (Å²) in [4.78, 5) is 16.7. The first kappa shape index (κ1) is 17.2. The number of nitrogens with one attached hydrogen (secondary N) is 2. The smallest absolute Gasteiger partial charge is 0.224 e. The lowest BCUT2D eigenvalue weighted by Gasteiger charge is -2.22. The van der Waals surface area contributed by atoms with Crippen molar-refractivity contribution >= 4 is 35.1 Å². The average Bonchev–Trinajstić information content (AvgIpc) is 3.34. The Morgan fingerprint density at radius 1 is 1.25 bits per heavy atom. The van der Waals surface area contributed by atoms with Gasteiger partial charge in [0.1, 0.15) is 5.52 Å².